The average molecular weight is 395 g/mol. The molecular formula is C26H50O2. The summed E-state index contributed by atoms with van der Waals surface area (Å²) in [5.74, 6) is 0. The SMILES string of the molecule is C=CC(O)CCCCCCCCCCCCCC=CCCCCCCCCO. The van der Waals surface area contributed by atoms with Gasteiger partial charge in [-0.3, -0.25) is 0 Å². The zero-order chi connectivity index (χ0) is 20.5. The molecule has 0 aromatic carbocycles. The van der Waals surface area contributed by atoms with Gasteiger partial charge < -0.3 is 10.2 Å². The van der Waals surface area contributed by atoms with Crippen molar-refractivity contribution >= 4 is 0 Å². The van der Waals surface area contributed by atoms with Crippen LogP contribution in [0.25, 0.3) is 0 Å². The van der Waals surface area contributed by atoms with E-state index in [0.717, 1.165) is 19.3 Å². The molecule has 0 aromatic heterocycles. The molecule has 0 aromatic rings. The Bertz CT molecular complexity index is 324. The lowest BCUT2D eigenvalue weighted by atomic mass is 10.0. The molecule has 0 aliphatic heterocycles. The van der Waals surface area contributed by atoms with Crippen LogP contribution in [-0.2, 0) is 0 Å². The van der Waals surface area contributed by atoms with Crippen LogP contribution in [0.2, 0.25) is 0 Å². The number of hydrogen-bond acceptors (Lipinski definition) is 2. The predicted octanol–water partition coefficient (Wildman–Crippen LogP) is 7.88. The van der Waals surface area contributed by atoms with Crippen LogP contribution in [0.3, 0.4) is 0 Å². The number of aliphatic hydroxyl groups is 2. The van der Waals surface area contributed by atoms with E-state index in [9.17, 15) is 5.11 Å². The third-order valence-corrected chi connectivity index (χ3v) is 5.59. The number of aliphatic hydroxyl groups excluding tert-OH is 2. The Balaban J connectivity index is 3.08. The largest absolute Gasteiger partial charge is 0.396 e. The summed E-state index contributed by atoms with van der Waals surface area (Å²) in [5.41, 5.74) is 0. The fourth-order valence-corrected chi connectivity index (χ4v) is 3.64. The van der Waals surface area contributed by atoms with Crippen LogP contribution in [-0.4, -0.2) is 22.9 Å². The Hall–Kier alpha value is -0.600. The Morgan fingerprint density at radius 3 is 1.29 bits per heavy atom. The first-order valence-corrected chi connectivity index (χ1v) is 12.4. The Morgan fingerprint density at radius 2 is 0.893 bits per heavy atom. The maximum Gasteiger partial charge on any atom is 0.0718 e. The van der Waals surface area contributed by atoms with Gasteiger partial charge in [0.25, 0.3) is 0 Å². The number of allylic oxidation sites excluding steroid dienone is 2. The zero-order valence-electron chi connectivity index (χ0n) is 18.8. The van der Waals surface area contributed by atoms with E-state index in [1.165, 1.54) is 109 Å². The molecule has 0 heterocycles. The lowest BCUT2D eigenvalue weighted by Gasteiger charge is -2.05. The molecule has 2 heteroatoms. The quantitative estimate of drug-likeness (QED) is 0.137. The summed E-state index contributed by atoms with van der Waals surface area (Å²) in [5, 5.41) is 18.1. The van der Waals surface area contributed by atoms with E-state index in [1.54, 1.807) is 6.08 Å². The van der Waals surface area contributed by atoms with Crippen molar-refractivity contribution in [2.75, 3.05) is 6.61 Å². The van der Waals surface area contributed by atoms with Crippen molar-refractivity contribution in [2.45, 2.75) is 135 Å². The Morgan fingerprint density at radius 1 is 0.536 bits per heavy atom. The van der Waals surface area contributed by atoms with Gasteiger partial charge in [-0.15, -0.1) is 6.58 Å². The zero-order valence-corrected chi connectivity index (χ0v) is 18.8. The van der Waals surface area contributed by atoms with Gasteiger partial charge in [0.1, 0.15) is 0 Å². The van der Waals surface area contributed by atoms with E-state index in [4.69, 9.17) is 5.11 Å². The first kappa shape index (κ1) is 27.4. The second-order valence-corrected chi connectivity index (χ2v) is 8.37. The van der Waals surface area contributed by atoms with E-state index in [2.05, 4.69) is 18.7 Å². The molecule has 0 amide bonds. The molecule has 2 nitrogen and oxygen atoms in total. The van der Waals surface area contributed by atoms with Crippen LogP contribution < -0.4 is 0 Å². The molecule has 0 fully saturated rings. The third kappa shape index (κ3) is 23.4. The minimum atomic E-state index is -0.298. The van der Waals surface area contributed by atoms with Crippen LogP contribution in [0.1, 0.15) is 128 Å². The maximum absolute atomic E-state index is 9.40. The van der Waals surface area contributed by atoms with Crippen molar-refractivity contribution in [1.82, 2.24) is 0 Å². The van der Waals surface area contributed by atoms with E-state index < -0.39 is 0 Å². The molecule has 0 spiro atoms. The van der Waals surface area contributed by atoms with Crippen molar-refractivity contribution in [3.05, 3.63) is 24.8 Å². The van der Waals surface area contributed by atoms with Crippen LogP contribution in [0.15, 0.2) is 24.8 Å². The monoisotopic (exact) mass is 394 g/mol. The van der Waals surface area contributed by atoms with Gasteiger partial charge in [0.2, 0.25) is 0 Å². The molecule has 0 bridgehead atoms. The third-order valence-electron chi connectivity index (χ3n) is 5.59. The van der Waals surface area contributed by atoms with Crippen molar-refractivity contribution in [3.8, 4) is 0 Å². The van der Waals surface area contributed by atoms with Crippen LogP contribution >= 0.6 is 0 Å². The molecule has 0 aliphatic rings. The summed E-state index contributed by atoms with van der Waals surface area (Å²) in [6.45, 7) is 3.96. The molecule has 1 atom stereocenters. The summed E-state index contributed by atoms with van der Waals surface area (Å²) >= 11 is 0. The van der Waals surface area contributed by atoms with E-state index in [1.807, 2.05) is 0 Å². The highest BCUT2D eigenvalue weighted by Gasteiger charge is 1.98. The van der Waals surface area contributed by atoms with Gasteiger partial charge in [0.05, 0.1) is 6.10 Å². The smallest absolute Gasteiger partial charge is 0.0718 e. The molecule has 166 valence electrons. The van der Waals surface area contributed by atoms with Gasteiger partial charge in [-0.2, -0.15) is 0 Å². The summed E-state index contributed by atoms with van der Waals surface area (Å²) in [6.07, 6.45) is 31.7. The summed E-state index contributed by atoms with van der Waals surface area (Å²) < 4.78 is 0. The molecule has 0 aliphatic carbocycles. The van der Waals surface area contributed by atoms with E-state index in [-0.39, 0.29) is 6.10 Å². The van der Waals surface area contributed by atoms with E-state index in [0.29, 0.717) is 6.61 Å². The summed E-state index contributed by atoms with van der Waals surface area (Å²) in [4.78, 5) is 0. The minimum absolute atomic E-state index is 0.298. The van der Waals surface area contributed by atoms with Gasteiger partial charge in [-0.05, 0) is 38.5 Å². The fourth-order valence-electron chi connectivity index (χ4n) is 3.64. The van der Waals surface area contributed by atoms with Crippen molar-refractivity contribution in [1.29, 1.82) is 0 Å². The normalized spacial score (nSPS) is 12.6. The van der Waals surface area contributed by atoms with Gasteiger partial charge in [-0.25, -0.2) is 0 Å². The molecule has 0 saturated heterocycles. The highest BCUT2D eigenvalue weighted by atomic mass is 16.3. The Labute approximate surface area is 176 Å². The molecule has 1 unspecified atom stereocenters. The lowest BCUT2D eigenvalue weighted by molar-refractivity contribution is 0.208. The molecular weight excluding hydrogens is 344 g/mol. The average Bonchev–Trinajstić information content (AvgIpc) is 2.71. The number of unbranched alkanes of at least 4 members (excludes halogenated alkanes) is 17. The first-order chi connectivity index (χ1) is 13.8. The number of rotatable bonds is 23. The highest BCUT2D eigenvalue weighted by Crippen LogP contribution is 2.13. The second kappa shape index (κ2) is 24.4. The van der Waals surface area contributed by atoms with Crippen molar-refractivity contribution in [3.63, 3.8) is 0 Å². The molecule has 0 rings (SSSR count). The van der Waals surface area contributed by atoms with Crippen molar-refractivity contribution in [2.24, 2.45) is 0 Å². The Kier molecular flexibility index (Phi) is 23.9. The second-order valence-electron chi connectivity index (χ2n) is 8.37. The van der Waals surface area contributed by atoms with Crippen LogP contribution in [0, 0.1) is 0 Å². The van der Waals surface area contributed by atoms with Gasteiger partial charge in [0.15, 0.2) is 0 Å². The van der Waals surface area contributed by atoms with Gasteiger partial charge >= 0.3 is 0 Å². The summed E-state index contributed by atoms with van der Waals surface area (Å²) in [6, 6.07) is 0. The maximum atomic E-state index is 9.40. The standard InChI is InChI=1S/C26H50O2/c1-2-26(28)24-22-20-18-16-14-12-10-8-6-4-3-5-7-9-11-13-15-17-19-21-23-25-27/h2,7,9,26-28H,1,3-6,8,10-25H2. The summed E-state index contributed by atoms with van der Waals surface area (Å²) in [7, 11) is 0. The molecule has 2 N–H and O–H groups in total. The molecule has 28 heavy (non-hydrogen) atoms. The topological polar surface area (TPSA) is 40.5 Å². The van der Waals surface area contributed by atoms with Crippen LogP contribution in [0.5, 0.6) is 0 Å². The van der Waals surface area contributed by atoms with Gasteiger partial charge in [0, 0.05) is 6.61 Å². The van der Waals surface area contributed by atoms with Gasteiger partial charge in [-0.1, -0.05) is 108 Å². The minimum Gasteiger partial charge on any atom is -0.396 e. The lowest BCUT2D eigenvalue weighted by Crippen LogP contribution is -2.00. The predicted molar refractivity (Wildman–Crippen MR) is 125 cm³/mol. The van der Waals surface area contributed by atoms with Crippen LogP contribution in [0.4, 0.5) is 0 Å². The fraction of sp³-hybridized carbons (Fsp3) is 0.846. The van der Waals surface area contributed by atoms with Crippen molar-refractivity contribution < 1.29 is 10.2 Å². The first-order valence-electron chi connectivity index (χ1n) is 12.4. The molecule has 0 saturated carbocycles. The number of hydrogen-bond donors (Lipinski definition) is 2. The molecule has 0 radical (unpaired) electrons. The highest BCUT2D eigenvalue weighted by molar-refractivity contribution is 4.81. The van der Waals surface area contributed by atoms with E-state index >= 15 is 0 Å².